The highest BCUT2D eigenvalue weighted by Gasteiger charge is 2.44. The summed E-state index contributed by atoms with van der Waals surface area (Å²) in [4.78, 5) is 26.9. The van der Waals surface area contributed by atoms with E-state index in [-0.39, 0.29) is 17.9 Å². The van der Waals surface area contributed by atoms with Gasteiger partial charge in [-0.25, -0.2) is 0 Å². The Bertz CT molecular complexity index is 535. The van der Waals surface area contributed by atoms with Crippen LogP contribution in [0.5, 0.6) is 0 Å². The van der Waals surface area contributed by atoms with Crippen LogP contribution in [0.25, 0.3) is 0 Å². The maximum Gasteiger partial charge on any atom is 0.287 e. The van der Waals surface area contributed by atoms with Gasteiger partial charge in [0.25, 0.3) is 5.91 Å². The number of nitrogens with zero attached hydrogens (tertiary/aromatic N) is 1. The molecule has 2 aliphatic heterocycles. The Hall–Kier alpha value is -1.68. The summed E-state index contributed by atoms with van der Waals surface area (Å²) in [6, 6.07) is 10.5. The minimum atomic E-state index is -0.120. The smallest absolute Gasteiger partial charge is 0.287 e. The number of carbonyl (C=O) groups is 2. The van der Waals surface area contributed by atoms with Crippen LogP contribution in [-0.4, -0.2) is 42.4 Å². The van der Waals surface area contributed by atoms with Gasteiger partial charge in [-0.15, -0.1) is 0 Å². The van der Waals surface area contributed by atoms with E-state index >= 15 is 0 Å². The number of carbonyl (C=O) groups excluding carboxylic acids is 2. The van der Waals surface area contributed by atoms with E-state index in [4.69, 9.17) is 0 Å². The molecule has 0 radical (unpaired) electrons. The molecule has 2 saturated heterocycles. The summed E-state index contributed by atoms with van der Waals surface area (Å²) in [5.41, 5.74) is 1.40. The van der Waals surface area contributed by atoms with Crippen LogP contribution < -0.4 is 4.90 Å². The lowest BCUT2D eigenvalue weighted by Gasteiger charge is -2.32. The fourth-order valence-corrected chi connectivity index (χ4v) is 3.88. The Morgan fingerprint density at radius 3 is 2.41 bits per heavy atom. The van der Waals surface area contributed by atoms with Crippen molar-refractivity contribution >= 4 is 11.8 Å². The predicted octanol–water partition coefficient (Wildman–Crippen LogP) is 0.671. The van der Waals surface area contributed by atoms with Gasteiger partial charge in [0, 0.05) is 6.54 Å². The lowest BCUT2D eigenvalue weighted by Crippen LogP contribution is -3.17. The fraction of sp³-hybridized carbons (Fsp3) is 0.556. The van der Waals surface area contributed by atoms with E-state index in [1.165, 1.54) is 15.4 Å². The van der Waals surface area contributed by atoms with E-state index in [0.29, 0.717) is 18.9 Å². The van der Waals surface area contributed by atoms with Gasteiger partial charge < -0.3 is 4.90 Å². The van der Waals surface area contributed by atoms with Crippen molar-refractivity contribution in [3.8, 4) is 0 Å². The number of amides is 2. The van der Waals surface area contributed by atoms with Gasteiger partial charge >= 0.3 is 0 Å². The molecule has 0 saturated carbocycles. The molecule has 0 aromatic heterocycles. The van der Waals surface area contributed by atoms with Crippen molar-refractivity contribution in [3.05, 3.63) is 35.9 Å². The first-order chi connectivity index (χ1) is 10.7. The highest BCUT2D eigenvalue weighted by atomic mass is 16.2. The molecule has 0 spiro atoms. The van der Waals surface area contributed by atoms with Crippen LogP contribution in [0.3, 0.4) is 0 Å². The van der Waals surface area contributed by atoms with Gasteiger partial charge in [-0.05, 0) is 37.7 Å². The Balaban J connectivity index is 1.54. The molecule has 3 rings (SSSR count). The second-order valence-electron chi connectivity index (χ2n) is 6.52. The molecule has 0 bridgehead atoms. The predicted molar refractivity (Wildman–Crippen MR) is 84.4 cm³/mol. The molecule has 2 fully saturated rings. The highest BCUT2D eigenvalue weighted by Crippen LogP contribution is 2.18. The van der Waals surface area contributed by atoms with Gasteiger partial charge in [0.15, 0.2) is 6.04 Å². The number of nitrogens with one attached hydrogen (secondary N) is 1. The molecule has 1 aromatic carbocycles. The Labute approximate surface area is 132 Å². The van der Waals surface area contributed by atoms with Crippen molar-refractivity contribution in [2.75, 3.05) is 19.6 Å². The zero-order chi connectivity index (χ0) is 15.5. The van der Waals surface area contributed by atoms with Gasteiger partial charge in [0.2, 0.25) is 5.91 Å². The summed E-state index contributed by atoms with van der Waals surface area (Å²) in [6.45, 7) is 4.41. The van der Waals surface area contributed by atoms with Crippen LogP contribution in [0.2, 0.25) is 0 Å². The molecule has 118 valence electrons. The molecular weight excluding hydrogens is 276 g/mol. The minimum Gasteiger partial charge on any atom is -0.324 e. The number of likely N-dealkylation sites (tertiary alicyclic amines) is 2. The molecule has 4 nitrogen and oxygen atoms in total. The normalized spacial score (nSPS) is 29.1. The zero-order valence-electron chi connectivity index (χ0n) is 13.3. The maximum absolute atomic E-state index is 12.3. The first-order valence-corrected chi connectivity index (χ1v) is 8.41. The van der Waals surface area contributed by atoms with Gasteiger partial charge in [-0.2, -0.15) is 0 Å². The fourth-order valence-electron chi connectivity index (χ4n) is 3.88. The van der Waals surface area contributed by atoms with Crippen LogP contribution in [0.1, 0.15) is 31.7 Å². The zero-order valence-corrected chi connectivity index (χ0v) is 13.3. The molecule has 2 heterocycles. The third-order valence-corrected chi connectivity index (χ3v) is 5.17. The number of rotatable bonds is 4. The van der Waals surface area contributed by atoms with E-state index in [1.807, 2.05) is 6.92 Å². The summed E-state index contributed by atoms with van der Waals surface area (Å²) in [5.74, 6) is 0.765. The van der Waals surface area contributed by atoms with Crippen molar-refractivity contribution in [3.63, 3.8) is 0 Å². The first-order valence-electron chi connectivity index (χ1n) is 8.41. The Kier molecular flexibility index (Phi) is 4.57. The SMILES string of the molecule is CCN1C(=O)C[C@H]([NH+]2CCC(Cc3ccccc3)CC2)C1=O. The number of hydrogen-bond donors (Lipinski definition) is 1. The average Bonchev–Trinajstić information content (AvgIpc) is 2.83. The maximum atomic E-state index is 12.3. The second kappa shape index (κ2) is 6.61. The van der Waals surface area contributed by atoms with Gasteiger partial charge in [0.05, 0.1) is 19.5 Å². The number of hydrogen-bond acceptors (Lipinski definition) is 2. The Morgan fingerprint density at radius 1 is 1.14 bits per heavy atom. The van der Waals surface area contributed by atoms with E-state index in [1.54, 1.807) is 0 Å². The highest BCUT2D eigenvalue weighted by molar-refractivity contribution is 6.04. The minimum absolute atomic E-state index is 0.0106. The standard InChI is InChI=1S/C18H24N2O2/c1-2-20-17(21)13-16(18(20)22)19-10-8-15(9-11-19)12-14-6-4-3-5-7-14/h3-7,15-16H,2,8-13H2,1H3/p+1/t16-/m0/s1. The van der Waals surface area contributed by atoms with Crippen LogP contribution in [-0.2, 0) is 16.0 Å². The van der Waals surface area contributed by atoms with Gasteiger partial charge in [-0.1, -0.05) is 30.3 Å². The average molecular weight is 301 g/mol. The van der Waals surface area contributed by atoms with Crippen LogP contribution in [0.15, 0.2) is 30.3 Å². The molecule has 1 atom stereocenters. The number of quaternary nitrogens is 1. The van der Waals surface area contributed by atoms with Crippen molar-refractivity contribution in [2.45, 2.75) is 38.6 Å². The first kappa shape index (κ1) is 15.2. The summed E-state index contributed by atoms with van der Waals surface area (Å²) < 4.78 is 0. The summed E-state index contributed by atoms with van der Waals surface area (Å²) in [7, 11) is 0. The molecule has 22 heavy (non-hydrogen) atoms. The molecule has 0 aliphatic carbocycles. The molecule has 2 aliphatic rings. The third-order valence-electron chi connectivity index (χ3n) is 5.17. The molecule has 1 N–H and O–H groups in total. The van der Waals surface area contributed by atoms with Crippen LogP contribution >= 0.6 is 0 Å². The molecule has 0 unspecified atom stereocenters. The second-order valence-corrected chi connectivity index (χ2v) is 6.52. The summed E-state index contributed by atoms with van der Waals surface area (Å²) >= 11 is 0. The van der Waals surface area contributed by atoms with E-state index in [9.17, 15) is 9.59 Å². The van der Waals surface area contributed by atoms with E-state index in [0.717, 1.165) is 32.4 Å². The van der Waals surface area contributed by atoms with Crippen LogP contribution in [0.4, 0.5) is 0 Å². The van der Waals surface area contributed by atoms with Gasteiger partial charge in [-0.3, -0.25) is 14.5 Å². The third kappa shape index (κ3) is 3.07. The van der Waals surface area contributed by atoms with Crippen molar-refractivity contribution in [1.29, 1.82) is 0 Å². The van der Waals surface area contributed by atoms with Gasteiger partial charge in [0.1, 0.15) is 0 Å². The molecule has 4 heteroatoms. The number of piperidine rings is 1. The lowest BCUT2D eigenvalue weighted by molar-refractivity contribution is -0.921. The molecule has 1 aromatic rings. The summed E-state index contributed by atoms with van der Waals surface area (Å²) in [5, 5.41) is 0. The Morgan fingerprint density at radius 2 is 1.82 bits per heavy atom. The molecular formula is C18H25N2O2+. The van der Waals surface area contributed by atoms with Crippen molar-refractivity contribution < 1.29 is 14.5 Å². The summed E-state index contributed by atoms with van der Waals surface area (Å²) in [6.07, 6.45) is 3.83. The van der Waals surface area contributed by atoms with Crippen molar-refractivity contribution in [2.24, 2.45) is 5.92 Å². The quantitative estimate of drug-likeness (QED) is 0.831. The largest absolute Gasteiger partial charge is 0.324 e. The number of imide groups is 1. The lowest BCUT2D eigenvalue weighted by atomic mass is 9.89. The van der Waals surface area contributed by atoms with Crippen LogP contribution in [0, 0.1) is 5.92 Å². The molecule has 2 amide bonds. The van der Waals surface area contributed by atoms with Crippen molar-refractivity contribution in [1.82, 2.24) is 4.90 Å². The topological polar surface area (TPSA) is 41.8 Å². The number of benzene rings is 1. The number of likely N-dealkylation sites (N-methyl/N-ethyl adjacent to an activating group) is 1. The van der Waals surface area contributed by atoms with E-state index < -0.39 is 0 Å². The monoisotopic (exact) mass is 301 g/mol. The van der Waals surface area contributed by atoms with E-state index in [2.05, 4.69) is 30.3 Å².